The van der Waals surface area contributed by atoms with Crippen LogP contribution < -0.4 is 4.74 Å². The van der Waals surface area contributed by atoms with Crippen molar-refractivity contribution in [3.8, 4) is 17.0 Å². The zero-order chi connectivity index (χ0) is 13.1. The molecule has 2 aromatic rings. The first-order valence-electron chi connectivity index (χ1n) is 5.74. The zero-order valence-corrected chi connectivity index (χ0v) is 10.8. The number of hydrogen-bond donors (Lipinski definition) is 1. The number of benzene rings is 1. The number of methoxy groups -OCH3 is 1. The van der Waals surface area contributed by atoms with Crippen molar-refractivity contribution in [3.05, 3.63) is 41.3 Å². The van der Waals surface area contributed by atoms with E-state index in [-0.39, 0.29) is 6.61 Å². The summed E-state index contributed by atoms with van der Waals surface area (Å²) in [7, 11) is 1.67. The summed E-state index contributed by atoms with van der Waals surface area (Å²) in [5.41, 5.74) is 3.94. The molecule has 0 saturated carbocycles. The summed E-state index contributed by atoms with van der Waals surface area (Å²) in [4.78, 5) is 8.27. The molecule has 18 heavy (non-hydrogen) atoms. The van der Waals surface area contributed by atoms with Crippen molar-refractivity contribution < 1.29 is 9.84 Å². The molecule has 1 aromatic heterocycles. The minimum atomic E-state index is -0.151. The number of hydrogen-bond acceptors (Lipinski definition) is 4. The molecule has 1 heterocycles. The minimum Gasteiger partial charge on any atom is -0.496 e. The highest BCUT2D eigenvalue weighted by Gasteiger charge is 2.08. The fourth-order valence-electron chi connectivity index (χ4n) is 2.06. The lowest BCUT2D eigenvalue weighted by molar-refractivity contribution is 0.271. The van der Waals surface area contributed by atoms with Crippen LogP contribution in [-0.4, -0.2) is 22.2 Å². The van der Waals surface area contributed by atoms with Crippen LogP contribution in [0.4, 0.5) is 0 Å². The molecule has 0 aliphatic heterocycles. The van der Waals surface area contributed by atoms with Gasteiger partial charge < -0.3 is 9.84 Å². The van der Waals surface area contributed by atoms with Gasteiger partial charge in [-0.05, 0) is 43.2 Å². The molecule has 0 unspecified atom stereocenters. The highest BCUT2D eigenvalue weighted by Crippen LogP contribution is 2.28. The Morgan fingerprint density at radius 3 is 2.44 bits per heavy atom. The lowest BCUT2D eigenvalue weighted by Crippen LogP contribution is -1.97. The molecule has 4 heteroatoms. The van der Waals surface area contributed by atoms with Crippen LogP contribution in [0.15, 0.2) is 24.4 Å². The van der Waals surface area contributed by atoms with Crippen molar-refractivity contribution >= 4 is 0 Å². The van der Waals surface area contributed by atoms with E-state index < -0.39 is 0 Å². The summed E-state index contributed by atoms with van der Waals surface area (Å²) < 4.78 is 5.34. The fourth-order valence-corrected chi connectivity index (χ4v) is 2.06. The van der Waals surface area contributed by atoms with Gasteiger partial charge in [-0.2, -0.15) is 0 Å². The average Bonchev–Trinajstić information content (AvgIpc) is 2.38. The Balaban J connectivity index is 2.51. The minimum absolute atomic E-state index is 0.151. The van der Waals surface area contributed by atoms with E-state index in [1.165, 1.54) is 0 Å². The topological polar surface area (TPSA) is 55.2 Å². The number of aryl methyl sites for hydroxylation is 2. The van der Waals surface area contributed by atoms with Gasteiger partial charge in [-0.25, -0.2) is 9.97 Å². The van der Waals surface area contributed by atoms with Gasteiger partial charge in [0, 0.05) is 11.8 Å². The maximum absolute atomic E-state index is 9.06. The molecule has 1 aromatic carbocycles. The molecule has 94 valence electrons. The third-order valence-electron chi connectivity index (χ3n) is 2.81. The van der Waals surface area contributed by atoms with E-state index >= 15 is 0 Å². The normalized spacial score (nSPS) is 10.4. The molecule has 4 nitrogen and oxygen atoms in total. The molecule has 2 rings (SSSR count). The Kier molecular flexibility index (Phi) is 3.58. The van der Waals surface area contributed by atoms with Gasteiger partial charge in [-0.15, -0.1) is 0 Å². The first kappa shape index (κ1) is 12.5. The molecule has 0 radical (unpaired) electrons. The molecule has 0 fully saturated rings. The van der Waals surface area contributed by atoms with Crippen molar-refractivity contribution in [1.29, 1.82) is 0 Å². The Bertz CT molecular complexity index is 544. The molecule has 0 aliphatic rings. The maximum Gasteiger partial charge on any atom is 0.154 e. The van der Waals surface area contributed by atoms with Gasteiger partial charge in [-0.1, -0.05) is 0 Å². The molecule has 0 aliphatic carbocycles. The van der Waals surface area contributed by atoms with Crippen molar-refractivity contribution in [1.82, 2.24) is 9.97 Å². The highest BCUT2D eigenvalue weighted by atomic mass is 16.5. The largest absolute Gasteiger partial charge is 0.496 e. The van der Waals surface area contributed by atoms with Crippen molar-refractivity contribution in [2.45, 2.75) is 20.5 Å². The first-order chi connectivity index (χ1) is 8.65. The van der Waals surface area contributed by atoms with Crippen molar-refractivity contribution in [2.75, 3.05) is 7.11 Å². The van der Waals surface area contributed by atoms with Gasteiger partial charge in [-0.3, -0.25) is 0 Å². The SMILES string of the molecule is COc1c(C)cc(-c2ccnc(CO)n2)cc1C. The van der Waals surface area contributed by atoms with Crippen LogP contribution in [0.5, 0.6) is 5.75 Å². The molecular formula is C14H16N2O2. The molecule has 0 atom stereocenters. The maximum atomic E-state index is 9.06. The van der Waals surface area contributed by atoms with E-state index in [1.807, 2.05) is 32.0 Å². The third kappa shape index (κ3) is 2.33. The lowest BCUT2D eigenvalue weighted by Gasteiger charge is -2.11. The number of nitrogens with zero attached hydrogens (tertiary/aromatic N) is 2. The Morgan fingerprint density at radius 1 is 1.22 bits per heavy atom. The second kappa shape index (κ2) is 5.14. The lowest BCUT2D eigenvalue weighted by atomic mass is 10.0. The summed E-state index contributed by atoms with van der Waals surface area (Å²) in [6.07, 6.45) is 1.66. The summed E-state index contributed by atoms with van der Waals surface area (Å²) in [6, 6.07) is 5.88. The van der Waals surface area contributed by atoms with Gasteiger partial charge in [0.05, 0.1) is 12.8 Å². The van der Waals surface area contributed by atoms with Crippen LogP contribution in [0.3, 0.4) is 0 Å². The molecule has 0 amide bonds. The van der Waals surface area contributed by atoms with Gasteiger partial charge in [0.15, 0.2) is 5.82 Å². The smallest absolute Gasteiger partial charge is 0.154 e. The quantitative estimate of drug-likeness (QED) is 0.899. The zero-order valence-electron chi connectivity index (χ0n) is 10.8. The number of aliphatic hydroxyl groups excluding tert-OH is 1. The Labute approximate surface area is 106 Å². The van der Waals surface area contributed by atoms with Crippen LogP contribution >= 0.6 is 0 Å². The van der Waals surface area contributed by atoms with Gasteiger partial charge in [0.2, 0.25) is 0 Å². The van der Waals surface area contributed by atoms with E-state index in [4.69, 9.17) is 9.84 Å². The highest BCUT2D eigenvalue weighted by molar-refractivity contribution is 5.63. The average molecular weight is 244 g/mol. The van der Waals surface area contributed by atoms with E-state index in [1.54, 1.807) is 13.3 Å². The predicted octanol–water partition coefficient (Wildman–Crippen LogP) is 2.26. The second-order valence-electron chi connectivity index (χ2n) is 4.16. The summed E-state index contributed by atoms with van der Waals surface area (Å²) >= 11 is 0. The molecule has 0 saturated heterocycles. The molecular weight excluding hydrogens is 228 g/mol. The van der Waals surface area contributed by atoms with Crippen molar-refractivity contribution in [3.63, 3.8) is 0 Å². The number of aliphatic hydroxyl groups is 1. The number of aromatic nitrogens is 2. The van der Waals surface area contributed by atoms with E-state index in [0.29, 0.717) is 5.82 Å². The number of ether oxygens (including phenoxy) is 1. The molecule has 0 spiro atoms. The van der Waals surface area contributed by atoms with Gasteiger partial charge >= 0.3 is 0 Å². The predicted molar refractivity (Wildman–Crippen MR) is 69.4 cm³/mol. The number of rotatable bonds is 3. The second-order valence-corrected chi connectivity index (χ2v) is 4.16. The standard InChI is InChI=1S/C14H16N2O2/c1-9-6-11(7-10(2)14(9)18-3)12-4-5-15-13(8-17)16-12/h4-7,17H,8H2,1-3H3. The van der Waals surface area contributed by atoms with Gasteiger partial charge in [0.25, 0.3) is 0 Å². The monoisotopic (exact) mass is 244 g/mol. The summed E-state index contributed by atoms with van der Waals surface area (Å²) in [5.74, 6) is 1.33. The fraction of sp³-hybridized carbons (Fsp3) is 0.286. The van der Waals surface area contributed by atoms with Crippen LogP contribution in [0.1, 0.15) is 17.0 Å². The Morgan fingerprint density at radius 2 is 1.89 bits per heavy atom. The summed E-state index contributed by atoms with van der Waals surface area (Å²) in [6.45, 7) is 3.86. The van der Waals surface area contributed by atoms with Crippen LogP contribution in [0.25, 0.3) is 11.3 Å². The first-order valence-corrected chi connectivity index (χ1v) is 5.74. The summed E-state index contributed by atoms with van der Waals surface area (Å²) in [5, 5.41) is 9.06. The van der Waals surface area contributed by atoms with Gasteiger partial charge in [0.1, 0.15) is 12.4 Å². The third-order valence-corrected chi connectivity index (χ3v) is 2.81. The Hall–Kier alpha value is -1.94. The molecule has 0 bridgehead atoms. The van der Waals surface area contributed by atoms with E-state index in [0.717, 1.165) is 28.1 Å². The van der Waals surface area contributed by atoms with E-state index in [9.17, 15) is 0 Å². The van der Waals surface area contributed by atoms with E-state index in [2.05, 4.69) is 9.97 Å². The van der Waals surface area contributed by atoms with Crippen LogP contribution in [0.2, 0.25) is 0 Å². The van der Waals surface area contributed by atoms with Crippen molar-refractivity contribution in [2.24, 2.45) is 0 Å². The molecule has 1 N–H and O–H groups in total. The van der Waals surface area contributed by atoms with Crippen LogP contribution in [-0.2, 0) is 6.61 Å². The van der Waals surface area contributed by atoms with Crippen LogP contribution in [0, 0.1) is 13.8 Å².